The number of aryl methyl sites for hydroxylation is 1. The highest BCUT2D eigenvalue weighted by Gasteiger charge is 2.14. The molecule has 2 rings (SSSR count). The van der Waals surface area contributed by atoms with E-state index in [1.807, 2.05) is 0 Å². The molecular weight excluding hydrogens is 328 g/mol. The van der Waals surface area contributed by atoms with E-state index in [4.69, 9.17) is 0 Å². The summed E-state index contributed by atoms with van der Waals surface area (Å²) in [6, 6.07) is 9.84. The van der Waals surface area contributed by atoms with Gasteiger partial charge in [-0.2, -0.15) is 5.10 Å². The fraction of sp³-hybridized carbons (Fsp3) is 0.125. The fourth-order valence-electron chi connectivity index (χ4n) is 2.11. The SMILES string of the molecule is CC(=NNC(=O)c1ccc([N+](=O)[O-])c(C)c1)c1cccc([N+](=O)[O-])c1. The zero-order valence-electron chi connectivity index (χ0n) is 13.4. The largest absolute Gasteiger partial charge is 0.272 e. The van der Waals surface area contributed by atoms with Crippen molar-refractivity contribution in [2.45, 2.75) is 13.8 Å². The summed E-state index contributed by atoms with van der Waals surface area (Å²) < 4.78 is 0. The number of hydrogen-bond acceptors (Lipinski definition) is 6. The molecule has 0 saturated heterocycles. The number of nitrogens with one attached hydrogen (secondary N) is 1. The Morgan fingerprint density at radius 2 is 1.76 bits per heavy atom. The predicted molar refractivity (Wildman–Crippen MR) is 90.6 cm³/mol. The van der Waals surface area contributed by atoms with Crippen LogP contribution in [0.4, 0.5) is 11.4 Å². The molecule has 0 unspecified atom stereocenters. The van der Waals surface area contributed by atoms with E-state index >= 15 is 0 Å². The first kappa shape index (κ1) is 17.7. The van der Waals surface area contributed by atoms with E-state index in [-0.39, 0.29) is 16.9 Å². The van der Waals surface area contributed by atoms with Crippen LogP contribution < -0.4 is 5.43 Å². The van der Waals surface area contributed by atoms with Gasteiger partial charge in [0, 0.05) is 34.9 Å². The van der Waals surface area contributed by atoms with Crippen molar-refractivity contribution in [3.8, 4) is 0 Å². The van der Waals surface area contributed by atoms with Crippen molar-refractivity contribution in [2.75, 3.05) is 0 Å². The Morgan fingerprint density at radius 1 is 1.04 bits per heavy atom. The number of nitrogens with zero attached hydrogens (tertiary/aromatic N) is 3. The zero-order chi connectivity index (χ0) is 18.6. The lowest BCUT2D eigenvalue weighted by atomic mass is 10.1. The van der Waals surface area contributed by atoms with Gasteiger partial charge in [0.1, 0.15) is 0 Å². The molecular formula is C16H14N4O5. The van der Waals surface area contributed by atoms with Crippen LogP contribution in [0, 0.1) is 27.2 Å². The first-order valence-corrected chi connectivity index (χ1v) is 7.14. The molecule has 25 heavy (non-hydrogen) atoms. The van der Waals surface area contributed by atoms with Crippen LogP contribution in [0.5, 0.6) is 0 Å². The van der Waals surface area contributed by atoms with E-state index in [1.54, 1.807) is 13.0 Å². The van der Waals surface area contributed by atoms with Gasteiger partial charge in [0.15, 0.2) is 0 Å². The number of hydrogen-bond donors (Lipinski definition) is 1. The number of hydrazone groups is 1. The first-order chi connectivity index (χ1) is 11.8. The Balaban J connectivity index is 2.16. The van der Waals surface area contributed by atoms with Crippen LogP contribution >= 0.6 is 0 Å². The maximum Gasteiger partial charge on any atom is 0.272 e. The van der Waals surface area contributed by atoms with Gasteiger partial charge >= 0.3 is 0 Å². The van der Waals surface area contributed by atoms with E-state index in [0.29, 0.717) is 16.8 Å². The summed E-state index contributed by atoms with van der Waals surface area (Å²) in [5.41, 5.74) is 3.63. The molecule has 1 N–H and O–H groups in total. The van der Waals surface area contributed by atoms with Gasteiger partial charge in [-0.15, -0.1) is 0 Å². The summed E-state index contributed by atoms with van der Waals surface area (Å²) in [7, 11) is 0. The minimum absolute atomic E-state index is 0.0761. The van der Waals surface area contributed by atoms with Gasteiger partial charge in [0.25, 0.3) is 17.3 Å². The minimum Gasteiger partial charge on any atom is -0.267 e. The lowest BCUT2D eigenvalue weighted by Crippen LogP contribution is -2.19. The number of nitro groups is 2. The van der Waals surface area contributed by atoms with Gasteiger partial charge in [0.05, 0.1) is 15.6 Å². The molecule has 0 heterocycles. The maximum atomic E-state index is 12.1. The van der Waals surface area contributed by atoms with Crippen LogP contribution in [0.1, 0.15) is 28.4 Å². The van der Waals surface area contributed by atoms with Gasteiger partial charge in [-0.1, -0.05) is 12.1 Å². The normalized spacial score (nSPS) is 11.0. The maximum absolute atomic E-state index is 12.1. The molecule has 2 aromatic carbocycles. The average Bonchev–Trinajstić information content (AvgIpc) is 2.58. The standard InChI is InChI=1S/C16H14N4O5/c1-10-8-13(6-7-15(10)20(24)25)16(21)18-17-11(2)12-4-3-5-14(9-12)19(22)23/h3-9H,1-2H3,(H,18,21). The molecule has 0 bridgehead atoms. The Hall–Kier alpha value is -3.62. The molecule has 0 spiro atoms. The molecule has 0 saturated carbocycles. The zero-order valence-corrected chi connectivity index (χ0v) is 13.4. The topological polar surface area (TPSA) is 128 Å². The molecule has 0 radical (unpaired) electrons. The average molecular weight is 342 g/mol. The first-order valence-electron chi connectivity index (χ1n) is 7.14. The van der Waals surface area contributed by atoms with Gasteiger partial charge in [-0.3, -0.25) is 25.0 Å². The number of carbonyl (C=O) groups excluding carboxylic acids is 1. The number of rotatable bonds is 5. The third-order valence-electron chi connectivity index (χ3n) is 3.46. The smallest absolute Gasteiger partial charge is 0.267 e. The van der Waals surface area contributed by atoms with Crippen LogP contribution in [-0.4, -0.2) is 21.5 Å². The summed E-state index contributed by atoms with van der Waals surface area (Å²) in [6.45, 7) is 3.13. The molecule has 0 aliphatic rings. The van der Waals surface area contributed by atoms with E-state index in [9.17, 15) is 25.0 Å². The monoisotopic (exact) mass is 342 g/mol. The Morgan fingerprint density at radius 3 is 2.36 bits per heavy atom. The van der Waals surface area contributed by atoms with Crippen molar-refractivity contribution in [1.82, 2.24) is 5.43 Å². The third-order valence-corrected chi connectivity index (χ3v) is 3.46. The number of benzene rings is 2. The molecule has 0 aliphatic heterocycles. The van der Waals surface area contributed by atoms with Gasteiger partial charge in [-0.05, 0) is 26.0 Å². The van der Waals surface area contributed by atoms with Crippen LogP contribution in [0.25, 0.3) is 0 Å². The molecule has 0 aliphatic carbocycles. The van der Waals surface area contributed by atoms with Crippen molar-refractivity contribution in [3.05, 3.63) is 79.4 Å². The second kappa shape index (κ2) is 7.30. The lowest BCUT2D eigenvalue weighted by molar-refractivity contribution is -0.385. The minimum atomic E-state index is -0.539. The predicted octanol–water partition coefficient (Wildman–Crippen LogP) is 2.97. The fourth-order valence-corrected chi connectivity index (χ4v) is 2.11. The highest BCUT2D eigenvalue weighted by atomic mass is 16.6. The van der Waals surface area contributed by atoms with Crippen LogP contribution in [0.15, 0.2) is 47.6 Å². The number of nitro benzene ring substituents is 2. The molecule has 9 nitrogen and oxygen atoms in total. The quantitative estimate of drug-likeness (QED) is 0.507. The van der Waals surface area contributed by atoms with Crippen molar-refractivity contribution >= 4 is 23.0 Å². The van der Waals surface area contributed by atoms with E-state index in [1.165, 1.54) is 43.3 Å². The summed E-state index contributed by atoms with van der Waals surface area (Å²) in [5.74, 6) is -0.539. The van der Waals surface area contributed by atoms with E-state index < -0.39 is 15.8 Å². The number of amides is 1. The Kier molecular flexibility index (Phi) is 5.18. The summed E-state index contributed by atoms with van der Waals surface area (Å²) in [4.78, 5) is 32.6. The summed E-state index contributed by atoms with van der Waals surface area (Å²) >= 11 is 0. The highest BCUT2D eigenvalue weighted by Crippen LogP contribution is 2.19. The van der Waals surface area contributed by atoms with Crippen molar-refractivity contribution in [1.29, 1.82) is 0 Å². The van der Waals surface area contributed by atoms with E-state index in [2.05, 4.69) is 10.5 Å². The van der Waals surface area contributed by atoms with Crippen LogP contribution in [0.3, 0.4) is 0 Å². The van der Waals surface area contributed by atoms with Gasteiger partial charge in [-0.25, -0.2) is 5.43 Å². The van der Waals surface area contributed by atoms with Crippen molar-refractivity contribution in [3.63, 3.8) is 0 Å². The van der Waals surface area contributed by atoms with E-state index in [0.717, 1.165) is 0 Å². The lowest BCUT2D eigenvalue weighted by Gasteiger charge is -2.04. The second-order valence-electron chi connectivity index (χ2n) is 5.20. The molecule has 0 aromatic heterocycles. The number of non-ortho nitro benzene ring substituents is 1. The number of carbonyl (C=O) groups is 1. The summed E-state index contributed by atoms with van der Waals surface area (Å²) in [5, 5.41) is 25.5. The summed E-state index contributed by atoms with van der Waals surface area (Å²) in [6.07, 6.45) is 0. The van der Waals surface area contributed by atoms with Crippen molar-refractivity contribution < 1.29 is 14.6 Å². The van der Waals surface area contributed by atoms with Gasteiger partial charge in [0.2, 0.25) is 0 Å². The molecule has 2 aromatic rings. The Labute approximate surface area is 142 Å². The molecule has 1 amide bonds. The van der Waals surface area contributed by atoms with Crippen LogP contribution in [-0.2, 0) is 0 Å². The van der Waals surface area contributed by atoms with Gasteiger partial charge < -0.3 is 0 Å². The molecule has 9 heteroatoms. The molecule has 0 atom stereocenters. The van der Waals surface area contributed by atoms with Crippen molar-refractivity contribution in [2.24, 2.45) is 5.10 Å². The van der Waals surface area contributed by atoms with Crippen LogP contribution in [0.2, 0.25) is 0 Å². The second-order valence-corrected chi connectivity index (χ2v) is 5.20. The molecule has 0 fully saturated rings. The molecule has 128 valence electrons. The third kappa shape index (κ3) is 4.22. The highest BCUT2D eigenvalue weighted by molar-refractivity contribution is 6.01. The Bertz CT molecular complexity index is 892.